The quantitative estimate of drug-likeness (QED) is 0.352. The predicted molar refractivity (Wildman–Crippen MR) is 160 cm³/mol. The molecule has 43 heavy (non-hydrogen) atoms. The number of amides is 1. The van der Waals surface area contributed by atoms with Crippen LogP contribution in [0.3, 0.4) is 0 Å². The molecular formula is C33H38N4O6. The van der Waals surface area contributed by atoms with Crippen LogP contribution in [0.4, 0.5) is 4.79 Å². The number of cyclic esters (lactones) is 1. The summed E-state index contributed by atoms with van der Waals surface area (Å²) >= 11 is 0. The third kappa shape index (κ3) is 4.37. The number of fused-ring (bicyclic) bond motifs is 5. The maximum Gasteiger partial charge on any atom is 0.415 e. The van der Waals surface area contributed by atoms with Crippen LogP contribution < -0.4 is 10.3 Å². The number of carbonyl (C=O) groups is 2. The normalized spacial score (nSPS) is 23.0. The molecule has 1 aromatic carbocycles. The van der Waals surface area contributed by atoms with Crippen LogP contribution >= 0.6 is 0 Å². The maximum atomic E-state index is 13.5. The Balaban J connectivity index is 1.15. The second kappa shape index (κ2) is 10.4. The first-order chi connectivity index (χ1) is 20.8. The number of nitrogens with zero attached hydrogens (tertiary/aromatic N) is 4. The Labute approximate surface area is 250 Å². The van der Waals surface area contributed by atoms with Crippen LogP contribution in [0.15, 0.2) is 35.1 Å². The Morgan fingerprint density at radius 2 is 1.81 bits per heavy atom. The Morgan fingerprint density at radius 3 is 2.53 bits per heavy atom. The number of carbonyl (C=O) groups excluding carboxylic acids is 2. The van der Waals surface area contributed by atoms with Crippen molar-refractivity contribution in [1.29, 1.82) is 0 Å². The minimum absolute atomic E-state index is 0.0865. The minimum Gasteiger partial charge on any atom is -0.458 e. The number of aromatic nitrogens is 2. The molecule has 1 atom stereocenters. The van der Waals surface area contributed by atoms with Crippen molar-refractivity contribution in [3.05, 3.63) is 57.4 Å². The third-order valence-corrected chi connectivity index (χ3v) is 10.3. The molecule has 2 saturated heterocycles. The zero-order valence-corrected chi connectivity index (χ0v) is 24.9. The molecule has 0 unspecified atom stereocenters. The van der Waals surface area contributed by atoms with E-state index in [0.29, 0.717) is 41.1 Å². The second-order valence-electron chi connectivity index (χ2n) is 12.4. The van der Waals surface area contributed by atoms with Crippen molar-refractivity contribution in [1.82, 2.24) is 19.4 Å². The minimum atomic E-state index is -1.87. The number of likely N-dealkylation sites (tertiary alicyclic amines) is 2. The second-order valence-corrected chi connectivity index (χ2v) is 12.4. The lowest BCUT2D eigenvalue weighted by Crippen LogP contribution is -2.57. The summed E-state index contributed by atoms with van der Waals surface area (Å²) in [6, 6.07) is 9.06. The predicted octanol–water partition coefficient (Wildman–Crippen LogP) is 4.31. The van der Waals surface area contributed by atoms with E-state index in [1.165, 1.54) is 19.3 Å². The lowest BCUT2D eigenvalue weighted by atomic mass is 9.82. The van der Waals surface area contributed by atoms with Crippen molar-refractivity contribution < 1.29 is 24.2 Å². The highest BCUT2D eigenvalue weighted by Crippen LogP contribution is 2.40. The SMILES string of the molecule is CCC1(N2CCCCC2)CCN(C(=O)Oc2cccc3nc4c(cc23)Cn2c-4cc3c(c2=O)COC(=O)[C@]3(O)CC)CC1. The fraction of sp³-hybridized carbons (Fsp3) is 0.515. The van der Waals surface area contributed by atoms with Crippen LogP contribution in [0.1, 0.15) is 75.5 Å². The van der Waals surface area contributed by atoms with Gasteiger partial charge in [-0.2, -0.15) is 0 Å². The summed E-state index contributed by atoms with van der Waals surface area (Å²) in [5, 5.41) is 11.8. The molecule has 10 nitrogen and oxygen atoms in total. The highest BCUT2D eigenvalue weighted by Gasteiger charge is 2.45. The summed E-state index contributed by atoms with van der Waals surface area (Å²) in [6.45, 7) is 7.69. The molecule has 6 heterocycles. The van der Waals surface area contributed by atoms with E-state index in [-0.39, 0.29) is 47.9 Å². The van der Waals surface area contributed by atoms with E-state index in [4.69, 9.17) is 14.5 Å². The van der Waals surface area contributed by atoms with Gasteiger partial charge in [-0.25, -0.2) is 14.6 Å². The van der Waals surface area contributed by atoms with E-state index in [2.05, 4.69) is 11.8 Å². The third-order valence-electron chi connectivity index (χ3n) is 10.3. The highest BCUT2D eigenvalue weighted by molar-refractivity contribution is 5.91. The van der Waals surface area contributed by atoms with Crippen molar-refractivity contribution >= 4 is 23.0 Å². The highest BCUT2D eigenvalue weighted by atomic mass is 16.6. The van der Waals surface area contributed by atoms with Gasteiger partial charge in [0.2, 0.25) is 0 Å². The van der Waals surface area contributed by atoms with Crippen LogP contribution in [0, 0.1) is 0 Å². The van der Waals surface area contributed by atoms with Crippen LogP contribution in [0.25, 0.3) is 22.3 Å². The lowest BCUT2D eigenvalue weighted by Gasteiger charge is -2.49. The van der Waals surface area contributed by atoms with Gasteiger partial charge in [0.15, 0.2) is 5.60 Å². The summed E-state index contributed by atoms with van der Waals surface area (Å²) in [7, 11) is 0. The zero-order chi connectivity index (χ0) is 29.9. The average Bonchev–Trinajstić information content (AvgIpc) is 3.40. The Morgan fingerprint density at radius 1 is 1.05 bits per heavy atom. The van der Waals surface area contributed by atoms with Crippen LogP contribution in [-0.2, 0) is 28.3 Å². The molecule has 2 fully saturated rings. The standard InChI is InChI=1S/C33H38N4O6/c1-3-32(36-13-6-5-7-14-36)11-15-35(16-12-32)31(40)43-27-10-8-9-25-22(27)17-21-19-37-26(28(21)34-25)18-24-23(29(37)38)20-42-30(39)33(24,41)4-2/h8-10,17-18,41H,3-7,11-16,19-20H2,1-2H3/t33-/m0/s1. The van der Waals surface area contributed by atoms with Gasteiger partial charge < -0.3 is 24.0 Å². The first-order valence-corrected chi connectivity index (χ1v) is 15.6. The molecule has 7 rings (SSSR count). The molecule has 1 N–H and O–H groups in total. The van der Waals surface area contributed by atoms with Gasteiger partial charge in [-0.05, 0) is 75.9 Å². The topological polar surface area (TPSA) is 114 Å². The Kier molecular flexibility index (Phi) is 6.81. The smallest absolute Gasteiger partial charge is 0.415 e. The molecule has 1 amide bonds. The summed E-state index contributed by atoms with van der Waals surface area (Å²) in [5.74, 6) is -0.313. The molecule has 3 aromatic rings. The van der Waals surface area contributed by atoms with Crippen LogP contribution in [-0.4, -0.2) is 68.2 Å². The average molecular weight is 587 g/mol. The number of hydrogen-bond donors (Lipinski definition) is 1. The van der Waals surface area contributed by atoms with Gasteiger partial charge >= 0.3 is 12.1 Å². The molecule has 4 aliphatic rings. The number of benzene rings is 1. The number of pyridine rings is 2. The van der Waals surface area contributed by atoms with Gasteiger partial charge in [0.25, 0.3) is 5.56 Å². The van der Waals surface area contributed by atoms with E-state index in [0.717, 1.165) is 37.9 Å². The van der Waals surface area contributed by atoms with E-state index in [1.54, 1.807) is 29.7 Å². The van der Waals surface area contributed by atoms with E-state index in [1.807, 2.05) is 17.0 Å². The van der Waals surface area contributed by atoms with Gasteiger partial charge in [0.05, 0.1) is 29.0 Å². The lowest BCUT2D eigenvalue weighted by molar-refractivity contribution is -0.172. The van der Waals surface area contributed by atoms with Crippen LogP contribution in [0.2, 0.25) is 0 Å². The Bertz CT molecular complexity index is 1680. The number of hydrogen-bond acceptors (Lipinski definition) is 8. The molecular weight excluding hydrogens is 548 g/mol. The van der Waals surface area contributed by atoms with Crippen molar-refractivity contribution in [3.63, 3.8) is 0 Å². The fourth-order valence-electron chi connectivity index (χ4n) is 7.59. The largest absolute Gasteiger partial charge is 0.458 e. The van der Waals surface area contributed by atoms with Crippen molar-refractivity contribution in [2.45, 2.75) is 83.1 Å². The molecule has 4 aliphatic heterocycles. The fourth-order valence-corrected chi connectivity index (χ4v) is 7.59. The molecule has 226 valence electrons. The number of rotatable bonds is 4. The number of aliphatic hydroxyl groups is 1. The summed E-state index contributed by atoms with van der Waals surface area (Å²) < 4.78 is 12.8. The zero-order valence-electron chi connectivity index (χ0n) is 24.9. The number of piperidine rings is 2. The summed E-state index contributed by atoms with van der Waals surface area (Å²) in [5.41, 5.74) is 1.14. The van der Waals surface area contributed by atoms with Gasteiger partial charge in [-0.3, -0.25) is 9.69 Å². The van der Waals surface area contributed by atoms with Crippen molar-refractivity contribution in [2.24, 2.45) is 0 Å². The first-order valence-electron chi connectivity index (χ1n) is 15.6. The maximum absolute atomic E-state index is 13.5. The monoisotopic (exact) mass is 586 g/mol. The summed E-state index contributed by atoms with van der Waals surface area (Å²) in [4.78, 5) is 48.7. The van der Waals surface area contributed by atoms with Crippen molar-refractivity contribution in [3.8, 4) is 17.1 Å². The molecule has 10 heteroatoms. The summed E-state index contributed by atoms with van der Waals surface area (Å²) in [6.07, 6.45) is 6.53. The molecule has 0 radical (unpaired) electrons. The molecule has 0 spiro atoms. The van der Waals surface area contributed by atoms with E-state index >= 15 is 0 Å². The Hall–Kier alpha value is -3.76. The molecule has 0 saturated carbocycles. The molecule has 0 bridgehead atoms. The van der Waals surface area contributed by atoms with E-state index < -0.39 is 11.6 Å². The van der Waals surface area contributed by atoms with Crippen LogP contribution in [0.5, 0.6) is 5.75 Å². The first kappa shape index (κ1) is 28.0. The van der Waals surface area contributed by atoms with Gasteiger partial charge in [0, 0.05) is 35.1 Å². The van der Waals surface area contributed by atoms with Gasteiger partial charge in [-0.1, -0.05) is 26.3 Å². The molecule has 0 aliphatic carbocycles. The van der Waals surface area contributed by atoms with E-state index in [9.17, 15) is 19.5 Å². The van der Waals surface area contributed by atoms with Crippen molar-refractivity contribution in [2.75, 3.05) is 26.2 Å². The van der Waals surface area contributed by atoms with Gasteiger partial charge in [-0.15, -0.1) is 0 Å². The van der Waals surface area contributed by atoms with Gasteiger partial charge in [0.1, 0.15) is 12.4 Å². The number of esters is 1. The molecule has 2 aromatic heterocycles. The number of ether oxygens (including phenoxy) is 2.